The summed E-state index contributed by atoms with van der Waals surface area (Å²) in [4.78, 5) is 49.7. The van der Waals surface area contributed by atoms with E-state index in [0.29, 0.717) is 23.7 Å². The second-order valence-electron chi connectivity index (χ2n) is 6.90. The highest BCUT2D eigenvalue weighted by Crippen LogP contribution is 2.28. The first-order chi connectivity index (χ1) is 12.5. The number of carbonyl (C=O) groups is 4. The van der Waals surface area contributed by atoms with E-state index in [-0.39, 0.29) is 18.7 Å². The lowest BCUT2D eigenvalue weighted by Gasteiger charge is -2.27. The summed E-state index contributed by atoms with van der Waals surface area (Å²) in [5, 5.41) is 8.91. The van der Waals surface area contributed by atoms with E-state index in [9.17, 15) is 19.2 Å². The number of piperidine rings is 1. The number of hydrogen-bond donors (Lipinski definition) is 3. The van der Waals surface area contributed by atoms with Crippen LogP contribution in [0.5, 0.6) is 0 Å². The molecular weight excluding hydrogens is 336 g/mol. The van der Waals surface area contributed by atoms with Crippen LogP contribution in [0.25, 0.3) is 0 Å². The van der Waals surface area contributed by atoms with Gasteiger partial charge in [-0.2, -0.15) is 0 Å². The fourth-order valence-electron chi connectivity index (χ4n) is 3.72. The first-order valence-corrected chi connectivity index (χ1v) is 8.83. The molecular formula is C18H20N4O4. The summed E-state index contributed by atoms with van der Waals surface area (Å²) in [6.07, 6.45) is 1.35. The highest BCUT2D eigenvalue weighted by molar-refractivity contribution is 6.23. The van der Waals surface area contributed by atoms with Gasteiger partial charge in [-0.1, -0.05) is 6.07 Å². The summed E-state index contributed by atoms with van der Waals surface area (Å²) in [5.41, 5.74) is 1.55. The molecule has 26 heavy (non-hydrogen) atoms. The molecule has 3 N–H and O–H groups in total. The topological polar surface area (TPSA) is 108 Å². The molecule has 3 aliphatic heterocycles. The predicted molar refractivity (Wildman–Crippen MR) is 91.2 cm³/mol. The van der Waals surface area contributed by atoms with Crippen LogP contribution in [0.15, 0.2) is 18.2 Å². The molecule has 1 aromatic carbocycles. The lowest BCUT2D eigenvalue weighted by Crippen LogP contribution is -2.54. The molecule has 0 bridgehead atoms. The van der Waals surface area contributed by atoms with Crippen LogP contribution in [0, 0.1) is 0 Å². The van der Waals surface area contributed by atoms with Gasteiger partial charge >= 0.3 is 0 Å². The number of carbonyl (C=O) groups excluding carboxylic acids is 4. The normalized spacial score (nSPS) is 25.6. The smallest absolute Gasteiger partial charge is 0.262 e. The molecule has 0 saturated carbocycles. The van der Waals surface area contributed by atoms with Gasteiger partial charge in [-0.3, -0.25) is 29.4 Å². The van der Waals surface area contributed by atoms with Crippen molar-refractivity contribution in [2.45, 2.75) is 37.9 Å². The summed E-state index contributed by atoms with van der Waals surface area (Å²) in [7, 11) is 0. The van der Waals surface area contributed by atoms with Gasteiger partial charge in [0, 0.05) is 25.6 Å². The van der Waals surface area contributed by atoms with Crippen LogP contribution >= 0.6 is 0 Å². The number of rotatable bonds is 4. The Labute approximate surface area is 150 Å². The maximum Gasteiger partial charge on any atom is 0.262 e. The third-order valence-corrected chi connectivity index (χ3v) is 5.16. The van der Waals surface area contributed by atoms with Crippen molar-refractivity contribution >= 4 is 23.6 Å². The molecule has 1 aromatic rings. The number of hydrogen-bond acceptors (Lipinski definition) is 6. The van der Waals surface area contributed by atoms with Gasteiger partial charge < -0.3 is 10.6 Å². The molecule has 136 valence electrons. The zero-order valence-corrected chi connectivity index (χ0v) is 14.2. The molecule has 2 saturated heterocycles. The highest BCUT2D eigenvalue weighted by atomic mass is 16.2. The number of imide groups is 2. The Kier molecular flexibility index (Phi) is 4.29. The van der Waals surface area contributed by atoms with E-state index in [0.717, 1.165) is 30.0 Å². The van der Waals surface area contributed by atoms with E-state index in [2.05, 4.69) is 16.0 Å². The van der Waals surface area contributed by atoms with E-state index in [1.807, 2.05) is 6.07 Å². The minimum atomic E-state index is -0.925. The van der Waals surface area contributed by atoms with Gasteiger partial charge in [-0.25, -0.2) is 0 Å². The first kappa shape index (κ1) is 16.9. The fourth-order valence-corrected chi connectivity index (χ4v) is 3.72. The van der Waals surface area contributed by atoms with Crippen molar-refractivity contribution in [3.63, 3.8) is 0 Å². The average molecular weight is 356 g/mol. The minimum Gasteiger partial charge on any atom is -0.315 e. The van der Waals surface area contributed by atoms with E-state index in [4.69, 9.17) is 0 Å². The molecule has 4 rings (SSSR count). The van der Waals surface area contributed by atoms with Gasteiger partial charge in [-0.05, 0) is 37.1 Å². The molecule has 2 fully saturated rings. The third-order valence-electron chi connectivity index (χ3n) is 5.16. The van der Waals surface area contributed by atoms with Gasteiger partial charge in [-0.15, -0.1) is 0 Å². The van der Waals surface area contributed by atoms with Crippen molar-refractivity contribution < 1.29 is 19.2 Å². The maximum atomic E-state index is 12.8. The van der Waals surface area contributed by atoms with Gasteiger partial charge in [0.15, 0.2) is 0 Å². The quantitative estimate of drug-likeness (QED) is 0.630. The number of nitrogens with one attached hydrogen (secondary N) is 3. The zero-order valence-electron chi connectivity index (χ0n) is 14.2. The van der Waals surface area contributed by atoms with Crippen LogP contribution in [0.2, 0.25) is 0 Å². The summed E-state index contributed by atoms with van der Waals surface area (Å²) < 4.78 is 0. The largest absolute Gasteiger partial charge is 0.315 e. The lowest BCUT2D eigenvalue weighted by molar-refractivity contribution is -0.136. The summed E-state index contributed by atoms with van der Waals surface area (Å²) in [5.74, 6) is -1.91. The first-order valence-electron chi connectivity index (χ1n) is 8.83. The molecule has 3 heterocycles. The summed E-state index contributed by atoms with van der Waals surface area (Å²) >= 11 is 0. The Balaban J connectivity index is 1.52. The van der Waals surface area contributed by atoms with Gasteiger partial charge in [0.25, 0.3) is 11.8 Å². The van der Waals surface area contributed by atoms with Crippen molar-refractivity contribution in [3.05, 3.63) is 34.9 Å². The summed E-state index contributed by atoms with van der Waals surface area (Å²) in [6.45, 7) is 2.53. The SMILES string of the molecule is O=C1CCC(N2C(=O)c3ccc(CNC4CCNC4)cc3C2=O)C(=O)N1. The minimum absolute atomic E-state index is 0.119. The third kappa shape index (κ3) is 2.91. The Hall–Kier alpha value is -2.58. The van der Waals surface area contributed by atoms with Crippen molar-refractivity contribution in [1.29, 1.82) is 0 Å². The molecule has 2 unspecified atom stereocenters. The van der Waals surface area contributed by atoms with Crippen molar-refractivity contribution in [2.24, 2.45) is 0 Å². The molecule has 4 amide bonds. The van der Waals surface area contributed by atoms with Crippen molar-refractivity contribution in [1.82, 2.24) is 20.9 Å². The number of fused-ring (bicyclic) bond motifs is 1. The fraction of sp³-hybridized carbons (Fsp3) is 0.444. The standard InChI is InChI=1S/C18H20N4O4/c23-15-4-3-14(16(24)21-15)22-17(25)12-2-1-10(7-13(12)18(22)26)8-20-11-5-6-19-9-11/h1-2,7,11,14,19-20H,3-6,8-9H2,(H,21,23,24). The van der Waals surface area contributed by atoms with Crippen LogP contribution in [-0.2, 0) is 16.1 Å². The van der Waals surface area contributed by atoms with Crippen LogP contribution in [-0.4, -0.2) is 53.7 Å². The molecule has 0 aliphatic carbocycles. The second-order valence-corrected chi connectivity index (χ2v) is 6.90. The Morgan fingerprint density at radius 1 is 1.08 bits per heavy atom. The molecule has 8 heteroatoms. The monoisotopic (exact) mass is 356 g/mol. The molecule has 2 atom stereocenters. The van der Waals surface area contributed by atoms with Crippen LogP contribution in [0.3, 0.4) is 0 Å². The van der Waals surface area contributed by atoms with E-state index in [1.54, 1.807) is 12.1 Å². The molecule has 0 spiro atoms. The van der Waals surface area contributed by atoms with Gasteiger partial charge in [0.1, 0.15) is 6.04 Å². The van der Waals surface area contributed by atoms with E-state index in [1.165, 1.54) is 0 Å². The van der Waals surface area contributed by atoms with Crippen molar-refractivity contribution in [2.75, 3.05) is 13.1 Å². The van der Waals surface area contributed by atoms with E-state index >= 15 is 0 Å². The molecule has 8 nitrogen and oxygen atoms in total. The van der Waals surface area contributed by atoms with Crippen LogP contribution < -0.4 is 16.0 Å². The number of amides is 4. The van der Waals surface area contributed by atoms with Crippen molar-refractivity contribution in [3.8, 4) is 0 Å². The van der Waals surface area contributed by atoms with Gasteiger partial charge in [0.05, 0.1) is 11.1 Å². The Morgan fingerprint density at radius 3 is 2.62 bits per heavy atom. The molecule has 0 radical (unpaired) electrons. The Bertz CT molecular complexity index is 800. The number of nitrogens with zero attached hydrogens (tertiary/aromatic N) is 1. The Morgan fingerprint density at radius 2 is 1.88 bits per heavy atom. The molecule has 0 aromatic heterocycles. The van der Waals surface area contributed by atoms with Crippen LogP contribution in [0.1, 0.15) is 45.5 Å². The average Bonchev–Trinajstić information content (AvgIpc) is 3.22. The predicted octanol–water partition coefficient (Wildman–Crippen LogP) is -0.461. The number of benzene rings is 1. The zero-order chi connectivity index (χ0) is 18.3. The molecule has 3 aliphatic rings. The maximum absolute atomic E-state index is 12.8. The van der Waals surface area contributed by atoms with Gasteiger partial charge in [0.2, 0.25) is 11.8 Å². The second kappa shape index (κ2) is 6.62. The van der Waals surface area contributed by atoms with Crippen LogP contribution in [0.4, 0.5) is 0 Å². The van der Waals surface area contributed by atoms with E-state index < -0.39 is 23.8 Å². The highest BCUT2D eigenvalue weighted by Gasteiger charge is 2.44. The summed E-state index contributed by atoms with van der Waals surface area (Å²) in [6, 6.07) is 4.67. The lowest BCUT2D eigenvalue weighted by atomic mass is 10.0.